The van der Waals surface area contributed by atoms with Gasteiger partial charge in [-0.05, 0) is 6.08 Å². The molecule has 0 aromatic heterocycles. The summed E-state index contributed by atoms with van der Waals surface area (Å²) in [7, 11) is 0. The van der Waals surface area contributed by atoms with Crippen LogP contribution in [0.2, 0.25) is 0 Å². The first-order valence-electron chi connectivity index (χ1n) is 2.17. The topological polar surface area (TPSA) is 72.7 Å². The lowest BCUT2D eigenvalue weighted by Gasteiger charge is -1.93. The van der Waals surface area contributed by atoms with Crippen LogP contribution in [0.5, 0.6) is 0 Å². The number of aliphatic hydroxyl groups excluding tert-OH is 2. The number of hydroxylamine groups is 1. The van der Waals surface area contributed by atoms with E-state index in [-0.39, 0.29) is 18.9 Å². The van der Waals surface area contributed by atoms with Crippen LogP contribution in [0.1, 0.15) is 0 Å². The molecule has 48 valence electrons. The lowest BCUT2D eigenvalue weighted by molar-refractivity contribution is 0.161. The van der Waals surface area contributed by atoms with Gasteiger partial charge in [-0.15, -0.1) is 0 Å². The average Bonchev–Trinajstić information content (AvgIpc) is 1.68. The summed E-state index contributed by atoms with van der Waals surface area (Å²) in [5.74, 6) is -0.0741. The predicted molar refractivity (Wildman–Crippen MR) is 27.6 cm³/mol. The van der Waals surface area contributed by atoms with Gasteiger partial charge >= 0.3 is 0 Å². The molecule has 0 bridgehead atoms. The van der Waals surface area contributed by atoms with Crippen molar-refractivity contribution in [1.29, 1.82) is 0 Å². The quantitative estimate of drug-likeness (QED) is 0.295. The van der Waals surface area contributed by atoms with Crippen LogP contribution < -0.4 is 5.48 Å². The number of hydrogen-bond acceptors (Lipinski definition) is 4. The predicted octanol–water partition coefficient (Wildman–Crippen LogP) is -0.601. The monoisotopic (exact) mass is 119 g/mol. The zero-order valence-electron chi connectivity index (χ0n) is 4.33. The van der Waals surface area contributed by atoms with Crippen LogP contribution in [-0.2, 0) is 0 Å². The summed E-state index contributed by atoms with van der Waals surface area (Å²) in [5, 5.41) is 24.6. The highest BCUT2D eigenvalue weighted by molar-refractivity contribution is 4.91. The maximum atomic E-state index is 8.53. The van der Waals surface area contributed by atoms with Crippen LogP contribution >= 0.6 is 0 Å². The van der Waals surface area contributed by atoms with E-state index >= 15 is 0 Å². The molecule has 0 amide bonds. The van der Waals surface area contributed by atoms with Crippen molar-refractivity contribution in [3.63, 3.8) is 0 Å². The maximum Gasteiger partial charge on any atom is 0.107 e. The van der Waals surface area contributed by atoms with Crippen molar-refractivity contribution in [3.05, 3.63) is 11.8 Å². The van der Waals surface area contributed by atoms with Gasteiger partial charge in [-0.3, -0.25) is 0 Å². The third kappa shape index (κ3) is 3.60. The molecule has 4 N–H and O–H groups in total. The van der Waals surface area contributed by atoms with Gasteiger partial charge in [0.1, 0.15) is 5.76 Å². The molecule has 0 atom stereocenters. The van der Waals surface area contributed by atoms with Crippen LogP contribution in [-0.4, -0.2) is 28.6 Å². The molecule has 0 saturated heterocycles. The zero-order valence-corrected chi connectivity index (χ0v) is 4.33. The van der Waals surface area contributed by atoms with Gasteiger partial charge in [0.25, 0.3) is 0 Å². The minimum atomic E-state index is -0.215. The van der Waals surface area contributed by atoms with Gasteiger partial charge in [-0.1, -0.05) is 0 Å². The summed E-state index contributed by atoms with van der Waals surface area (Å²) >= 11 is 0. The van der Waals surface area contributed by atoms with Crippen molar-refractivity contribution in [2.75, 3.05) is 13.2 Å². The van der Waals surface area contributed by atoms with E-state index in [4.69, 9.17) is 15.4 Å². The zero-order chi connectivity index (χ0) is 6.41. The molecule has 4 heteroatoms. The fourth-order valence-corrected chi connectivity index (χ4v) is 0.259. The molecule has 8 heavy (non-hydrogen) atoms. The minimum absolute atomic E-state index is 0.0272. The second-order valence-corrected chi connectivity index (χ2v) is 1.21. The van der Waals surface area contributed by atoms with Crippen molar-refractivity contribution in [1.82, 2.24) is 5.48 Å². The summed E-state index contributed by atoms with van der Waals surface area (Å²) < 4.78 is 0. The lowest BCUT2D eigenvalue weighted by Crippen LogP contribution is -2.11. The Morgan fingerprint density at radius 2 is 2.25 bits per heavy atom. The van der Waals surface area contributed by atoms with Gasteiger partial charge < -0.3 is 15.4 Å². The molecular weight excluding hydrogens is 110 g/mol. The molecule has 0 aliphatic rings. The van der Waals surface area contributed by atoms with E-state index in [1.807, 2.05) is 0 Å². The van der Waals surface area contributed by atoms with Crippen molar-refractivity contribution in [2.45, 2.75) is 0 Å². The first-order chi connectivity index (χ1) is 3.81. The number of hydrogen-bond donors (Lipinski definition) is 4. The van der Waals surface area contributed by atoms with E-state index in [0.29, 0.717) is 0 Å². The molecule has 0 spiro atoms. The third-order valence-corrected chi connectivity index (χ3v) is 0.587. The van der Waals surface area contributed by atoms with Crippen LogP contribution in [0.15, 0.2) is 11.8 Å². The van der Waals surface area contributed by atoms with Gasteiger partial charge in [-0.25, -0.2) is 0 Å². The van der Waals surface area contributed by atoms with Crippen LogP contribution in [0.25, 0.3) is 0 Å². The second kappa shape index (κ2) is 4.58. The summed E-state index contributed by atoms with van der Waals surface area (Å²) in [6, 6.07) is 0. The Kier molecular flexibility index (Phi) is 4.24. The van der Waals surface area contributed by atoms with E-state index in [1.165, 1.54) is 6.08 Å². The van der Waals surface area contributed by atoms with Crippen molar-refractivity contribution >= 4 is 0 Å². The van der Waals surface area contributed by atoms with Crippen LogP contribution in [0, 0.1) is 0 Å². The normalized spacial score (nSPS) is 12.0. The Morgan fingerprint density at radius 1 is 1.62 bits per heavy atom. The number of rotatable bonds is 3. The van der Waals surface area contributed by atoms with Crippen LogP contribution in [0.4, 0.5) is 0 Å². The minimum Gasteiger partial charge on any atom is -0.511 e. The highest BCUT2D eigenvalue weighted by Gasteiger charge is 1.85. The highest BCUT2D eigenvalue weighted by atomic mass is 16.5. The molecule has 0 saturated carbocycles. The van der Waals surface area contributed by atoms with Crippen molar-refractivity contribution in [2.24, 2.45) is 0 Å². The van der Waals surface area contributed by atoms with Crippen molar-refractivity contribution in [3.8, 4) is 0 Å². The van der Waals surface area contributed by atoms with E-state index in [1.54, 1.807) is 5.48 Å². The van der Waals surface area contributed by atoms with E-state index < -0.39 is 0 Å². The Labute approximate surface area is 47.0 Å². The van der Waals surface area contributed by atoms with E-state index in [0.717, 1.165) is 0 Å². The molecular formula is C4H9NO3. The fraction of sp³-hybridized carbons (Fsp3) is 0.500. The van der Waals surface area contributed by atoms with Gasteiger partial charge in [-0.2, -0.15) is 5.48 Å². The molecule has 0 radical (unpaired) electrons. The molecule has 0 aromatic rings. The Bertz CT molecular complexity index is 81.4. The second-order valence-electron chi connectivity index (χ2n) is 1.21. The molecule has 0 unspecified atom stereocenters. The molecule has 0 aliphatic carbocycles. The third-order valence-electron chi connectivity index (χ3n) is 0.587. The molecule has 0 heterocycles. The van der Waals surface area contributed by atoms with Crippen LogP contribution in [0.3, 0.4) is 0 Å². The Hall–Kier alpha value is -0.580. The van der Waals surface area contributed by atoms with Gasteiger partial charge in [0, 0.05) is 0 Å². The molecule has 0 aromatic carbocycles. The first-order valence-corrected chi connectivity index (χ1v) is 2.17. The summed E-state index contributed by atoms with van der Waals surface area (Å²) in [6.45, 7) is -0.242. The van der Waals surface area contributed by atoms with Gasteiger partial charge in [0.05, 0.1) is 13.2 Å². The fourth-order valence-electron chi connectivity index (χ4n) is 0.259. The largest absolute Gasteiger partial charge is 0.511 e. The summed E-state index contributed by atoms with van der Waals surface area (Å²) in [6.07, 6.45) is 1.18. The average molecular weight is 119 g/mol. The summed E-state index contributed by atoms with van der Waals surface area (Å²) in [5.41, 5.74) is 1.72. The van der Waals surface area contributed by atoms with Gasteiger partial charge in [0.15, 0.2) is 0 Å². The molecule has 0 rings (SSSR count). The molecule has 0 fully saturated rings. The Morgan fingerprint density at radius 3 is 2.62 bits per heavy atom. The lowest BCUT2D eigenvalue weighted by atomic mass is 10.4. The smallest absolute Gasteiger partial charge is 0.107 e. The number of aliphatic hydroxyl groups is 2. The van der Waals surface area contributed by atoms with E-state index in [9.17, 15) is 0 Å². The maximum absolute atomic E-state index is 8.53. The Balaban J connectivity index is 3.29. The standard InChI is InChI=1S/C4H9NO3/c6-2-1-4(7)3-5-8/h1,5-8H,2-3H2/b4-1+. The van der Waals surface area contributed by atoms with Crippen molar-refractivity contribution < 1.29 is 15.4 Å². The van der Waals surface area contributed by atoms with Gasteiger partial charge in [0.2, 0.25) is 0 Å². The SMILES string of the molecule is OC/C=C(/O)CNO. The molecule has 4 nitrogen and oxygen atoms in total. The molecule has 0 aliphatic heterocycles. The number of nitrogens with one attached hydrogen (secondary N) is 1. The summed E-state index contributed by atoms with van der Waals surface area (Å²) in [4.78, 5) is 0. The highest BCUT2D eigenvalue weighted by Crippen LogP contribution is 1.80. The first kappa shape index (κ1) is 7.42. The van der Waals surface area contributed by atoms with E-state index in [2.05, 4.69) is 0 Å².